The van der Waals surface area contributed by atoms with E-state index in [0.29, 0.717) is 0 Å². The van der Waals surface area contributed by atoms with Crippen molar-refractivity contribution < 1.29 is 18.1 Å². The lowest BCUT2D eigenvalue weighted by Crippen LogP contribution is -2.66. The molecule has 0 amide bonds. The quantitative estimate of drug-likeness (QED) is 0.455. The summed E-state index contributed by atoms with van der Waals surface area (Å²) in [6.45, 7) is 6.69. The zero-order chi connectivity index (χ0) is 14.6. The van der Waals surface area contributed by atoms with Gasteiger partial charge in [0, 0.05) is 12.5 Å². The third-order valence-electron chi connectivity index (χ3n) is 4.29. The summed E-state index contributed by atoms with van der Waals surface area (Å²) in [4.78, 5) is 0. The molecular formula is C16H30N4+4. The second-order valence-corrected chi connectivity index (χ2v) is 6.95. The van der Waals surface area contributed by atoms with E-state index in [2.05, 4.69) is 67.2 Å². The minimum atomic E-state index is 1.08. The van der Waals surface area contributed by atoms with Crippen LogP contribution in [0.3, 0.4) is 0 Å². The number of allylic oxidation sites excluding steroid dienone is 2. The molecule has 5 rings (SSSR count). The third kappa shape index (κ3) is 4.12. The standard InChI is InChI=1S/C6H14N2.2C5H8N/c1-7-3-4-8(2,5-7)6-7;2*1-6-4-2-3-5-6/h3-6H2,1-2H3;2,4-5H,3H2,1H3;2-4H,5H2,1H3/q+2;2*+1. The molecule has 3 fully saturated rings. The number of likely N-dealkylation sites (N-methyl/N-ethyl adjacent to an activating group) is 3. The maximum atomic E-state index is 2.35. The molecule has 4 nitrogen and oxygen atoms in total. The highest BCUT2D eigenvalue weighted by Gasteiger charge is 2.57. The number of hydrogen-bond acceptors (Lipinski definition) is 0. The Hall–Kier alpha value is -1.26. The minimum absolute atomic E-state index is 1.08. The molecule has 20 heavy (non-hydrogen) atoms. The van der Waals surface area contributed by atoms with Crippen LogP contribution in [0, 0.1) is 0 Å². The third-order valence-corrected chi connectivity index (χ3v) is 4.29. The van der Waals surface area contributed by atoms with Gasteiger partial charge in [-0.25, -0.2) is 18.1 Å². The second kappa shape index (κ2) is 6.02. The molecule has 0 unspecified atom stereocenters. The van der Waals surface area contributed by atoms with Crippen LogP contribution in [0.2, 0.25) is 0 Å². The number of hydrogen-bond donors (Lipinski definition) is 0. The Bertz CT molecular complexity index is 448. The van der Waals surface area contributed by atoms with Gasteiger partial charge in [-0.3, -0.25) is 0 Å². The van der Waals surface area contributed by atoms with Crippen LogP contribution < -0.4 is 0 Å². The first-order valence-electron chi connectivity index (χ1n) is 7.50. The lowest BCUT2D eigenvalue weighted by molar-refractivity contribution is -1.20. The Kier molecular flexibility index (Phi) is 4.55. The monoisotopic (exact) mass is 278 g/mol. The van der Waals surface area contributed by atoms with Gasteiger partial charge < -0.3 is 0 Å². The summed E-state index contributed by atoms with van der Waals surface area (Å²) in [5.74, 6) is 0. The van der Waals surface area contributed by atoms with Crippen molar-refractivity contribution in [3.63, 3.8) is 0 Å². The summed E-state index contributed by atoms with van der Waals surface area (Å²) < 4.78 is 6.87. The average Bonchev–Trinajstić information content (AvgIpc) is 3.08. The predicted molar refractivity (Wildman–Crippen MR) is 84.1 cm³/mol. The van der Waals surface area contributed by atoms with E-state index in [1.807, 2.05) is 7.05 Å². The smallest absolute Gasteiger partial charge is 0.216 e. The van der Waals surface area contributed by atoms with Gasteiger partial charge in [0.1, 0.15) is 33.4 Å². The summed E-state index contributed by atoms with van der Waals surface area (Å²) >= 11 is 0. The Morgan fingerprint density at radius 1 is 0.950 bits per heavy atom. The van der Waals surface area contributed by atoms with Crippen LogP contribution >= 0.6 is 0 Å². The van der Waals surface area contributed by atoms with Gasteiger partial charge >= 0.3 is 0 Å². The van der Waals surface area contributed by atoms with Crippen molar-refractivity contribution in [1.29, 1.82) is 0 Å². The largest absolute Gasteiger partial charge is 0.235 e. The molecule has 0 saturated carbocycles. The van der Waals surface area contributed by atoms with Crippen molar-refractivity contribution in [1.82, 2.24) is 0 Å². The summed E-state index contributed by atoms with van der Waals surface area (Å²) in [6.07, 6.45) is 13.6. The molecule has 4 heteroatoms. The lowest BCUT2D eigenvalue weighted by Gasteiger charge is -2.42. The zero-order valence-corrected chi connectivity index (χ0v) is 13.5. The maximum absolute atomic E-state index is 2.35. The Balaban J connectivity index is 0.000000112. The molecule has 2 bridgehead atoms. The Morgan fingerprint density at radius 3 is 1.75 bits per heavy atom. The Morgan fingerprint density at radius 2 is 1.60 bits per heavy atom. The summed E-state index contributed by atoms with van der Waals surface area (Å²) in [5.41, 5.74) is 0. The molecule has 0 aromatic rings. The number of rotatable bonds is 0. The van der Waals surface area contributed by atoms with E-state index in [-0.39, 0.29) is 0 Å². The number of fused-ring (bicyclic) bond motifs is 1. The average molecular weight is 278 g/mol. The van der Waals surface area contributed by atoms with Crippen molar-refractivity contribution >= 4 is 12.4 Å². The summed E-state index contributed by atoms with van der Waals surface area (Å²) in [7, 11) is 8.80. The number of quaternary nitrogens is 2. The van der Waals surface area contributed by atoms with E-state index in [1.54, 1.807) is 0 Å². The molecule has 0 aromatic heterocycles. The van der Waals surface area contributed by atoms with Gasteiger partial charge in [0.05, 0.1) is 14.1 Å². The normalized spacial score (nSPS) is 35.4. The van der Waals surface area contributed by atoms with Gasteiger partial charge in [-0.15, -0.1) is 0 Å². The summed E-state index contributed by atoms with van der Waals surface area (Å²) in [5, 5.41) is 0. The van der Waals surface area contributed by atoms with Crippen LogP contribution in [-0.2, 0) is 0 Å². The zero-order valence-electron chi connectivity index (χ0n) is 13.5. The molecule has 0 aliphatic carbocycles. The van der Waals surface area contributed by atoms with Crippen molar-refractivity contribution in [3.8, 4) is 0 Å². The molecule has 110 valence electrons. The van der Waals surface area contributed by atoms with Crippen LogP contribution in [0.5, 0.6) is 0 Å². The van der Waals surface area contributed by atoms with Crippen LogP contribution in [0.25, 0.3) is 0 Å². The second-order valence-electron chi connectivity index (χ2n) is 6.95. The molecule has 0 N–H and O–H groups in total. The van der Waals surface area contributed by atoms with Crippen LogP contribution in [0.4, 0.5) is 0 Å². The van der Waals surface area contributed by atoms with Gasteiger partial charge in [-0.05, 0) is 12.2 Å². The maximum Gasteiger partial charge on any atom is 0.216 e. The van der Waals surface area contributed by atoms with E-state index in [1.165, 1.54) is 35.4 Å². The van der Waals surface area contributed by atoms with Gasteiger partial charge in [0.2, 0.25) is 13.3 Å². The molecule has 3 saturated heterocycles. The molecule has 0 radical (unpaired) electrons. The predicted octanol–water partition coefficient (Wildman–Crippen LogP) is 0.708. The van der Waals surface area contributed by atoms with Crippen LogP contribution in [-0.4, -0.2) is 91.7 Å². The van der Waals surface area contributed by atoms with Crippen molar-refractivity contribution in [2.75, 3.05) is 61.2 Å². The van der Waals surface area contributed by atoms with E-state index < -0.39 is 0 Å². The van der Waals surface area contributed by atoms with E-state index in [0.717, 1.165) is 13.0 Å². The fourth-order valence-electron chi connectivity index (χ4n) is 3.38. The SMILES string of the molecule is C[N+]12CC[N+](C)(C1)C2.C[N+]1=CC=CC1.C[N+]1=CCC=C1. The van der Waals surface area contributed by atoms with E-state index in [4.69, 9.17) is 0 Å². The highest BCUT2D eigenvalue weighted by molar-refractivity contribution is 5.67. The van der Waals surface area contributed by atoms with Gasteiger partial charge in [0.25, 0.3) is 0 Å². The van der Waals surface area contributed by atoms with Crippen LogP contribution in [0.15, 0.2) is 24.4 Å². The van der Waals surface area contributed by atoms with E-state index >= 15 is 0 Å². The minimum Gasteiger partial charge on any atom is -0.235 e. The molecule has 5 aliphatic rings. The molecule has 0 spiro atoms. The van der Waals surface area contributed by atoms with E-state index in [9.17, 15) is 0 Å². The Labute approximate surface area is 123 Å². The first-order valence-corrected chi connectivity index (χ1v) is 7.50. The fraction of sp³-hybridized carbons (Fsp3) is 0.625. The van der Waals surface area contributed by atoms with Crippen LogP contribution in [0.1, 0.15) is 6.42 Å². The summed E-state index contributed by atoms with van der Waals surface area (Å²) in [6, 6.07) is 0. The van der Waals surface area contributed by atoms with Gasteiger partial charge in [0.15, 0.2) is 19.0 Å². The molecule has 0 atom stereocenters. The number of nitrogens with zero attached hydrogens (tertiary/aromatic N) is 4. The molecule has 0 aromatic carbocycles. The topological polar surface area (TPSA) is 6.02 Å². The first-order chi connectivity index (χ1) is 9.41. The van der Waals surface area contributed by atoms with Crippen molar-refractivity contribution in [2.45, 2.75) is 6.42 Å². The molecular weight excluding hydrogens is 248 g/mol. The first kappa shape index (κ1) is 15.1. The highest BCUT2D eigenvalue weighted by atomic mass is 15.7. The fourth-order valence-corrected chi connectivity index (χ4v) is 3.38. The van der Waals surface area contributed by atoms with Gasteiger partial charge in [-0.2, -0.15) is 0 Å². The molecule has 5 aliphatic heterocycles. The molecule has 5 heterocycles. The lowest BCUT2D eigenvalue weighted by atomic mass is 10.4. The van der Waals surface area contributed by atoms with Crippen molar-refractivity contribution in [3.05, 3.63) is 24.4 Å². The van der Waals surface area contributed by atoms with Crippen molar-refractivity contribution in [2.24, 2.45) is 0 Å². The van der Waals surface area contributed by atoms with Gasteiger partial charge in [-0.1, -0.05) is 0 Å². The highest BCUT2D eigenvalue weighted by Crippen LogP contribution is 2.31.